The van der Waals surface area contributed by atoms with Crippen LogP contribution in [0.5, 0.6) is 5.75 Å². The lowest BCUT2D eigenvalue weighted by Crippen LogP contribution is -2.49. The van der Waals surface area contributed by atoms with Crippen molar-refractivity contribution in [2.45, 2.75) is 76.7 Å². The Morgan fingerprint density at radius 3 is 2.79 bits per heavy atom. The quantitative estimate of drug-likeness (QED) is 0.475. The van der Waals surface area contributed by atoms with E-state index < -0.39 is 0 Å². The summed E-state index contributed by atoms with van der Waals surface area (Å²) in [6, 6.07) is 6.82. The minimum atomic E-state index is 0.432. The Hall–Kier alpha value is -1.10. The van der Waals surface area contributed by atoms with Crippen molar-refractivity contribution in [2.24, 2.45) is 23.0 Å². The molecule has 1 aromatic rings. The average Bonchev–Trinajstić information content (AvgIpc) is 3.06. The van der Waals surface area contributed by atoms with Crippen LogP contribution in [0.25, 0.3) is 0 Å². The summed E-state index contributed by atoms with van der Waals surface area (Å²) in [5.74, 6) is 2.84. The van der Waals surface area contributed by atoms with Gasteiger partial charge in [0.2, 0.25) is 0 Å². The van der Waals surface area contributed by atoms with E-state index in [0.717, 1.165) is 50.9 Å². The number of aryl methyl sites for hydroxylation is 1. The van der Waals surface area contributed by atoms with E-state index in [-0.39, 0.29) is 0 Å². The highest BCUT2D eigenvalue weighted by molar-refractivity contribution is 5.40. The highest BCUT2D eigenvalue weighted by Crippen LogP contribution is 2.60. The Morgan fingerprint density at radius 1 is 1.07 bits per heavy atom. The van der Waals surface area contributed by atoms with Gasteiger partial charge in [-0.05, 0) is 130 Å². The first-order chi connectivity index (χ1) is 14.1. The fourth-order valence-corrected chi connectivity index (χ4v) is 6.91. The van der Waals surface area contributed by atoms with Crippen molar-refractivity contribution >= 4 is 0 Å². The van der Waals surface area contributed by atoms with Gasteiger partial charge in [-0.2, -0.15) is 0 Å². The molecule has 0 bridgehead atoms. The fraction of sp³-hybridized carbons (Fsp3) is 0.760. The summed E-state index contributed by atoms with van der Waals surface area (Å²) in [5.41, 5.74) is 8.96. The van der Waals surface area contributed by atoms with Gasteiger partial charge in [0, 0.05) is 6.04 Å². The normalized spacial score (nSPS) is 33.2. The molecule has 3 aliphatic rings. The molecular weight excluding hydrogens is 358 g/mol. The van der Waals surface area contributed by atoms with Crippen molar-refractivity contribution < 1.29 is 5.11 Å². The lowest BCUT2D eigenvalue weighted by atomic mass is 9.55. The maximum atomic E-state index is 9.87. The molecule has 0 aromatic heterocycles. The van der Waals surface area contributed by atoms with E-state index in [4.69, 9.17) is 5.73 Å². The van der Waals surface area contributed by atoms with Crippen molar-refractivity contribution in [1.29, 1.82) is 0 Å². The molecule has 4 nitrogen and oxygen atoms in total. The first kappa shape index (κ1) is 21.1. The monoisotopic (exact) mass is 399 g/mol. The van der Waals surface area contributed by atoms with E-state index in [1.54, 1.807) is 5.56 Å². The van der Waals surface area contributed by atoms with Gasteiger partial charge in [0.05, 0.1) is 0 Å². The lowest BCUT2D eigenvalue weighted by molar-refractivity contribution is 0.0412. The van der Waals surface area contributed by atoms with E-state index in [1.165, 1.54) is 50.5 Å². The zero-order chi connectivity index (χ0) is 20.3. The molecule has 0 heterocycles. The minimum absolute atomic E-state index is 0.432. The van der Waals surface area contributed by atoms with Crippen LogP contribution in [0.3, 0.4) is 0 Å². The van der Waals surface area contributed by atoms with Crippen LogP contribution in [0, 0.1) is 17.3 Å². The number of nitrogens with two attached hydrogens (primary N) is 1. The Labute approximate surface area is 177 Å². The summed E-state index contributed by atoms with van der Waals surface area (Å²) in [6.45, 7) is 6.73. The second-order valence-electron chi connectivity index (χ2n) is 10.0. The third kappa shape index (κ3) is 4.35. The molecule has 0 spiro atoms. The smallest absolute Gasteiger partial charge is 0.115 e. The number of unbranched alkanes of at least 4 members (excludes halogenated alkanes) is 1. The molecular formula is C25H41N3O. The Kier molecular flexibility index (Phi) is 6.83. The Balaban J connectivity index is 1.30. The number of phenolic OH excluding ortho intramolecular Hbond substituents is 1. The number of rotatable bonds is 9. The molecule has 2 saturated carbocycles. The predicted molar refractivity (Wildman–Crippen MR) is 120 cm³/mol. The molecule has 0 saturated heterocycles. The number of hydrogen-bond donors (Lipinski definition) is 4. The first-order valence-corrected chi connectivity index (χ1v) is 12.1. The van der Waals surface area contributed by atoms with Crippen LogP contribution >= 0.6 is 0 Å². The van der Waals surface area contributed by atoms with Gasteiger partial charge in [0.15, 0.2) is 0 Å². The molecule has 2 fully saturated rings. The van der Waals surface area contributed by atoms with Crippen molar-refractivity contribution in [3.8, 4) is 5.75 Å². The first-order valence-electron chi connectivity index (χ1n) is 12.1. The van der Waals surface area contributed by atoms with E-state index in [1.807, 2.05) is 12.1 Å². The van der Waals surface area contributed by atoms with Gasteiger partial charge in [-0.25, -0.2) is 0 Å². The molecule has 29 heavy (non-hydrogen) atoms. The minimum Gasteiger partial charge on any atom is -0.508 e. The van der Waals surface area contributed by atoms with Gasteiger partial charge in [0.1, 0.15) is 5.75 Å². The second kappa shape index (κ2) is 9.36. The summed E-state index contributed by atoms with van der Waals surface area (Å²) in [6.07, 6.45) is 11.4. The molecule has 4 rings (SSSR count). The van der Waals surface area contributed by atoms with Crippen LogP contribution < -0.4 is 16.4 Å². The highest BCUT2D eigenvalue weighted by atomic mass is 16.3. The number of fused-ring (bicyclic) bond motifs is 5. The van der Waals surface area contributed by atoms with Gasteiger partial charge < -0.3 is 21.5 Å². The SMILES string of the molecule is C[C@]12CCC3c4ccc(O)cc4CCC3C1CC[C@@H]2NCCCNCCCCN. The molecule has 3 unspecified atom stereocenters. The number of benzene rings is 1. The summed E-state index contributed by atoms with van der Waals surface area (Å²) in [4.78, 5) is 0. The molecule has 162 valence electrons. The standard InChI is InChI=1S/C25H41N3O/c1-25-12-11-21-20-8-6-19(29)17-18(20)5-7-22(21)23(25)9-10-24(25)28-16-4-15-27-14-3-2-13-26/h6,8,17,21-24,27-29H,2-5,7,9-16,26H2,1H3/t21?,22?,23?,24-,25-/m0/s1. The zero-order valence-corrected chi connectivity index (χ0v) is 18.3. The molecule has 0 amide bonds. The molecule has 5 N–H and O–H groups in total. The molecule has 4 heteroatoms. The zero-order valence-electron chi connectivity index (χ0n) is 18.3. The average molecular weight is 400 g/mol. The van der Waals surface area contributed by atoms with Crippen LogP contribution in [0.1, 0.15) is 75.3 Å². The lowest BCUT2D eigenvalue weighted by Gasteiger charge is -2.51. The van der Waals surface area contributed by atoms with Crippen molar-refractivity contribution in [2.75, 3.05) is 26.2 Å². The predicted octanol–water partition coefficient (Wildman–Crippen LogP) is 3.93. The highest BCUT2D eigenvalue weighted by Gasteiger charge is 2.54. The summed E-state index contributed by atoms with van der Waals surface area (Å²) < 4.78 is 0. The maximum absolute atomic E-state index is 9.87. The van der Waals surface area contributed by atoms with Crippen LogP contribution in [0.2, 0.25) is 0 Å². The van der Waals surface area contributed by atoms with Crippen LogP contribution in [0.15, 0.2) is 18.2 Å². The summed E-state index contributed by atoms with van der Waals surface area (Å²) >= 11 is 0. The molecule has 1 aromatic carbocycles. The third-order valence-electron chi connectivity index (χ3n) is 8.44. The topological polar surface area (TPSA) is 70.3 Å². The van der Waals surface area contributed by atoms with Gasteiger partial charge in [-0.3, -0.25) is 0 Å². The van der Waals surface area contributed by atoms with Gasteiger partial charge >= 0.3 is 0 Å². The number of hydrogen-bond acceptors (Lipinski definition) is 4. The molecule has 5 atom stereocenters. The largest absolute Gasteiger partial charge is 0.508 e. The van der Waals surface area contributed by atoms with Crippen LogP contribution in [-0.2, 0) is 6.42 Å². The van der Waals surface area contributed by atoms with Crippen LogP contribution in [0.4, 0.5) is 0 Å². The van der Waals surface area contributed by atoms with E-state index >= 15 is 0 Å². The maximum Gasteiger partial charge on any atom is 0.115 e. The third-order valence-corrected chi connectivity index (χ3v) is 8.44. The van der Waals surface area contributed by atoms with Crippen molar-refractivity contribution in [1.82, 2.24) is 10.6 Å². The molecule has 0 aliphatic heterocycles. The second-order valence-corrected chi connectivity index (χ2v) is 10.0. The van der Waals surface area contributed by atoms with Crippen LogP contribution in [-0.4, -0.2) is 37.3 Å². The van der Waals surface area contributed by atoms with E-state index in [2.05, 4.69) is 23.6 Å². The fourth-order valence-electron chi connectivity index (χ4n) is 6.91. The number of phenols is 1. The Bertz CT molecular complexity index is 678. The van der Waals surface area contributed by atoms with Gasteiger partial charge in [0.25, 0.3) is 0 Å². The van der Waals surface area contributed by atoms with Crippen molar-refractivity contribution in [3.05, 3.63) is 29.3 Å². The number of aromatic hydroxyl groups is 1. The van der Waals surface area contributed by atoms with E-state index in [0.29, 0.717) is 23.1 Å². The van der Waals surface area contributed by atoms with Gasteiger partial charge in [-0.15, -0.1) is 0 Å². The van der Waals surface area contributed by atoms with Gasteiger partial charge in [-0.1, -0.05) is 13.0 Å². The van der Waals surface area contributed by atoms with Crippen molar-refractivity contribution in [3.63, 3.8) is 0 Å². The summed E-state index contributed by atoms with van der Waals surface area (Å²) in [5, 5.41) is 17.4. The molecule has 0 radical (unpaired) electrons. The Morgan fingerprint density at radius 2 is 1.93 bits per heavy atom. The molecule has 3 aliphatic carbocycles. The number of nitrogens with one attached hydrogen (secondary N) is 2. The summed E-state index contributed by atoms with van der Waals surface area (Å²) in [7, 11) is 0. The van der Waals surface area contributed by atoms with E-state index in [9.17, 15) is 5.11 Å².